The highest BCUT2D eigenvalue weighted by molar-refractivity contribution is 6.29. The first-order valence-electron chi connectivity index (χ1n) is 7.27. The number of benzene rings is 2. The number of pyridine rings is 1. The Hall–Kier alpha value is -3.05. The summed E-state index contributed by atoms with van der Waals surface area (Å²) in [6.07, 6.45) is 1.32. The first kappa shape index (κ1) is 16.8. The van der Waals surface area contributed by atoms with Crippen molar-refractivity contribution in [1.29, 1.82) is 0 Å². The molecule has 124 valence electrons. The molecule has 0 radical (unpaired) electrons. The third-order valence-corrected chi connectivity index (χ3v) is 3.62. The molecule has 0 bridgehead atoms. The predicted molar refractivity (Wildman–Crippen MR) is 90.5 cm³/mol. The highest BCUT2D eigenvalue weighted by Crippen LogP contribution is 2.17. The van der Waals surface area contributed by atoms with Crippen molar-refractivity contribution in [2.75, 3.05) is 0 Å². The lowest BCUT2D eigenvalue weighted by Crippen LogP contribution is -2.09. The maximum Gasteiger partial charge on any atom is 0.345 e. The summed E-state index contributed by atoms with van der Waals surface area (Å²) in [5, 5.41) is 0.278. The van der Waals surface area contributed by atoms with E-state index in [-0.39, 0.29) is 22.2 Å². The Bertz CT molecular complexity index is 907. The van der Waals surface area contributed by atoms with Crippen LogP contribution >= 0.6 is 11.6 Å². The molecule has 0 N–H and O–H groups in total. The van der Waals surface area contributed by atoms with Crippen LogP contribution in [0.3, 0.4) is 0 Å². The number of ether oxygens (including phenoxy) is 1. The minimum atomic E-state index is -0.582. The molecule has 0 aliphatic heterocycles. The monoisotopic (exact) mass is 355 g/mol. The summed E-state index contributed by atoms with van der Waals surface area (Å²) in [5.41, 5.74) is 1.04. The molecule has 25 heavy (non-hydrogen) atoms. The van der Waals surface area contributed by atoms with Crippen molar-refractivity contribution in [1.82, 2.24) is 4.98 Å². The Morgan fingerprint density at radius 2 is 1.40 bits per heavy atom. The van der Waals surface area contributed by atoms with Gasteiger partial charge in [0, 0.05) is 17.3 Å². The van der Waals surface area contributed by atoms with Crippen LogP contribution in [0.25, 0.3) is 0 Å². The summed E-state index contributed by atoms with van der Waals surface area (Å²) < 4.78 is 18.1. The fourth-order valence-electron chi connectivity index (χ4n) is 2.10. The summed E-state index contributed by atoms with van der Waals surface area (Å²) >= 11 is 5.67. The van der Waals surface area contributed by atoms with Crippen LogP contribution in [0.1, 0.15) is 26.3 Å². The number of hydrogen-bond donors (Lipinski definition) is 0. The number of ketones is 1. The maximum atomic E-state index is 12.9. The number of carbonyl (C=O) groups excluding carboxylic acids is 2. The van der Waals surface area contributed by atoms with Crippen molar-refractivity contribution < 1.29 is 18.7 Å². The van der Waals surface area contributed by atoms with E-state index in [4.69, 9.17) is 16.3 Å². The Balaban J connectivity index is 1.71. The van der Waals surface area contributed by atoms with Gasteiger partial charge in [-0.25, -0.2) is 14.2 Å². The van der Waals surface area contributed by atoms with Crippen molar-refractivity contribution in [3.8, 4) is 5.75 Å². The van der Waals surface area contributed by atoms with Crippen molar-refractivity contribution in [2.24, 2.45) is 0 Å². The summed E-state index contributed by atoms with van der Waals surface area (Å²) in [5.74, 6) is -0.951. The highest BCUT2D eigenvalue weighted by atomic mass is 35.5. The number of aromatic nitrogens is 1. The third kappa shape index (κ3) is 4.08. The van der Waals surface area contributed by atoms with E-state index in [0.29, 0.717) is 11.1 Å². The van der Waals surface area contributed by atoms with E-state index in [9.17, 15) is 14.0 Å². The van der Waals surface area contributed by atoms with Crippen LogP contribution in [-0.4, -0.2) is 16.7 Å². The summed E-state index contributed by atoms with van der Waals surface area (Å²) in [6.45, 7) is 0. The van der Waals surface area contributed by atoms with E-state index in [1.54, 1.807) is 0 Å². The second kappa shape index (κ2) is 7.23. The van der Waals surface area contributed by atoms with E-state index in [0.717, 1.165) is 0 Å². The zero-order chi connectivity index (χ0) is 17.8. The number of hydrogen-bond acceptors (Lipinski definition) is 4. The van der Waals surface area contributed by atoms with Gasteiger partial charge in [0.25, 0.3) is 0 Å². The lowest BCUT2D eigenvalue weighted by atomic mass is 10.0. The summed E-state index contributed by atoms with van der Waals surface area (Å²) in [7, 11) is 0. The van der Waals surface area contributed by atoms with Crippen LogP contribution in [0, 0.1) is 5.82 Å². The molecule has 6 heteroatoms. The number of rotatable bonds is 4. The van der Waals surface area contributed by atoms with Crippen molar-refractivity contribution in [3.63, 3.8) is 0 Å². The maximum absolute atomic E-state index is 12.9. The van der Waals surface area contributed by atoms with Gasteiger partial charge in [-0.1, -0.05) is 11.6 Å². The minimum Gasteiger partial charge on any atom is -0.423 e. The summed E-state index contributed by atoms with van der Waals surface area (Å²) in [4.78, 5) is 28.1. The van der Waals surface area contributed by atoms with E-state index in [2.05, 4.69) is 4.98 Å². The number of halogens is 2. The average molecular weight is 356 g/mol. The molecule has 0 saturated carbocycles. The van der Waals surface area contributed by atoms with Crippen LogP contribution in [0.4, 0.5) is 4.39 Å². The Morgan fingerprint density at radius 1 is 0.840 bits per heavy atom. The van der Waals surface area contributed by atoms with Crippen molar-refractivity contribution in [3.05, 3.63) is 94.5 Å². The molecule has 0 aliphatic carbocycles. The Morgan fingerprint density at radius 3 is 1.96 bits per heavy atom. The van der Waals surface area contributed by atoms with Crippen LogP contribution in [0.15, 0.2) is 66.9 Å². The van der Waals surface area contributed by atoms with Gasteiger partial charge in [-0.3, -0.25) is 4.79 Å². The van der Waals surface area contributed by atoms with E-state index in [1.807, 2.05) is 0 Å². The second-order valence-electron chi connectivity index (χ2n) is 5.12. The van der Waals surface area contributed by atoms with Gasteiger partial charge in [0.2, 0.25) is 0 Å². The fraction of sp³-hybridized carbons (Fsp3) is 0. The van der Waals surface area contributed by atoms with Gasteiger partial charge in [0.15, 0.2) is 5.78 Å². The van der Waals surface area contributed by atoms with Gasteiger partial charge >= 0.3 is 5.97 Å². The summed E-state index contributed by atoms with van der Waals surface area (Å²) in [6, 6.07) is 14.4. The SMILES string of the molecule is O=C(Oc1ccc(C(=O)c2ccc(F)cc2)cc1)c1ccc(Cl)nc1. The molecule has 0 amide bonds. The standard InChI is InChI=1S/C19H11ClFNO3/c20-17-10-5-14(11-22-17)19(24)25-16-8-3-13(4-9-16)18(23)12-1-6-15(21)7-2-12/h1-11H. The van der Waals surface area contributed by atoms with E-state index >= 15 is 0 Å². The van der Waals surface area contributed by atoms with Gasteiger partial charge in [-0.15, -0.1) is 0 Å². The van der Waals surface area contributed by atoms with Crippen molar-refractivity contribution in [2.45, 2.75) is 0 Å². The van der Waals surface area contributed by atoms with Gasteiger partial charge in [-0.2, -0.15) is 0 Å². The topological polar surface area (TPSA) is 56.3 Å². The van der Waals surface area contributed by atoms with Gasteiger partial charge in [-0.05, 0) is 60.7 Å². The predicted octanol–water partition coefficient (Wildman–Crippen LogP) is 4.32. The van der Waals surface area contributed by atoms with Crippen molar-refractivity contribution >= 4 is 23.4 Å². The second-order valence-corrected chi connectivity index (χ2v) is 5.51. The Labute approximate surface area is 147 Å². The van der Waals surface area contributed by atoms with Gasteiger partial charge in [0.05, 0.1) is 5.56 Å². The molecule has 1 aromatic heterocycles. The smallest absolute Gasteiger partial charge is 0.345 e. The van der Waals surface area contributed by atoms with Crippen LogP contribution in [0.5, 0.6) is 5.75 Å². The van der Waals surface area contributed by atoms with Gasteiger partial charge < -0.3 is 4.74 Å². The largest absolute Gasteiger partial charge is 0.423 e. The van der Waals surface area contributed by atoms with E-state index in [1.165, 1.54) is 66.9 Å². The third-order valence-electron chi connectivity index (χ3n) is 3.40. The molecular formula is C19H11ClFNO3. The molecule has 0 fully saturated rings. The molecule has 2 aromatic carbocycles. The molecule has 0 saturated heterocycles. The number of nitrogens with zero attached hydrogens (tertiary/aromatic N) is 1. The van der Waals surface area contributed by atoms with Crippen LogP contribution in [-0.2, 0) is 0 Å². The normalized spacial score (nSPS) is 10.3. The lowest BCUT2D eigenvalue weighted by Gasteiger charge is -2.06. The van der Waals surface area contributed by atoms with E-state index < -0.39 is 11.8 Å². The minimum absolute atomic E-state index is 0.250. The zero-order valence-corrected chi connectivity index (χ0v) is 13.5. The Kier molecular flexibility index (Phi) is 4.86. The quantitative estimate of drug-likeness (QED) is 0.302. The molecule has 0 atom stereocenters. The fourth-order valence-corrected chi connectivity index (χ4v) is 2.22. The highest BCUT2D eigenvalue weighted by Gasteiger charge is 2.12. The molecule has 1 heterocycles. The van der Waals surface area contributed by atoms with Crippen LogP contribution < -0.4 is 4.74 Å². The molecule has 3 aromatic rings. The first-order valence-corrected chi connectivity index (χ1v) is 7.65. The van der Waals surface area contributed by atoms with Gasteiger partial charge in [0.1, 0.15) is 16.7 Å². The molecule has 3 rings (SSSR count). The molecule has 0 spiro atoms. The van der Waals surface area contributed by atoms with Crippen LogP contribution in [0.2, 0.25) is 5.15 Å². The lowest BCUT2D eigenvalue weighted by molar-refractivity contribution is 0.0734. The molecule has 4 nitrogen and oxygen atoms in total. The zero-order valence-electron chi connectivity index (χ0n) is 12.8. The first-order chi connectivity index (χ1) is 12.0. The molecular weight excluding hydrogens is 345 g/mol. The average Bonchev–Trinajstić information content (AvgIpc) is 2.63. The number of carbonyl (C=O) groups is 2. The molecule has 0 unspecified atom stereocenters. The molecule has 0 aliphatic rings. The number of esters is 1.